The van der Waals surface area contributed by atoms with Gasteiger partial charge in [-0.3, -0.25) is 9.59 Å². The number of carbonyl (C=O) groups excluding carboxylic acids is 2. The maximum absolute atomic E-state index is 11.5. The van der Waals surface area contributed by atoms with Gasteiger partial charge in [-0.15, -0.1) is 0 Å². The van der Waals surface area contributed by atoms with Gasteiger partial charge in [-0.25, -0.2) is 0 Å². The van der Waals surface area contributed by atoms with E-state index in [1.165, 1.54) is 11.4 Å². The second-order valence-electron chi connectivity index (χ2n) is 12.6. The van der Waals surface area contributed by atoms with Crippen molar-refractivity contribution in [3.05, 3.63) is 83.9 Å². The van der Waals surface area contributed by atoms with E-state index >= 15 is 0 Å². The lowest BCUT2D eigenvalue weighted by Gasteiger charge is -2.31. The minimum atomic E-state index is 0.748. The summed E-state index contributed by atoms with van der Waals surface area (Å²) in [6.45, 7) is 6.40. The minimum absolute atomic E-state index is 0.748. The van der Waals surface area contributed by atoms with Crippen molar-refractivity contribution in [2.75, 3.05) is 95.8 Å². The number of aldehydes is 2. The van der Waals surface area contributed by atoms with E-state index in [0.29, 0.717) is 0 Å². The molecular formula is C37H49N4O2S2+. The van der Waals surface area contributed by atoms with Crippen molar-refractivity contribution in [1.29, 1.82) is 0 Å². The number of fused-ring (bicyclic) bond motifs is 2. The molecule has 6 nitrogen and oxygen atoms in total. The molecule has 0 aliphatic carbocycles. The van der Waals surface area contributed by atoms with Gasteiger partial charge in [-0.1, -0.05) is 70.1 Å². The number of hydrogen-bond donors (Lipinski definition) is 0. The zero-order valence-corrected chi connectivity index (χ0v) is 29.2. The first-order chi connectivity index (χ1) is 21.7. The molecule has 0 spiro atoms. The Hall–Kier alpha value is -3.04. The quantitative estimate of drug-likeness (QED) is 0.0457. The predicted octanol–water partition coefficient (Wildman–Crippen LogP) is 7.36. The first-order valence-electron chi connectivity index (χ1n) is 15.8. The summed E-state index contributed by atoms with van der Waals surface area (Å²) in [4.78, 5) is 30.0. The Kier molecular flexibility index (Phi) is 13.2. The fourth-order valence-electron chi connectivity index (χ4n) is 5.86. The van der Waals surface area contributed by atoms with Gasteiger partial charge in [-0.2, -0.15) is 0 Å². The highest BCUT2D eigenvalue weighted by Crippen LogP contribution is 2.30. The molecule has 0 atom stereocenters. The molecule has 0 saturated heterocycles. The van der Waals surface area contributed by atoms with Crippen LogP contribution in [0.5, 0.6) is 0 Å². The van der Waals surface area contributed by atoms with Crippen molar-refractivity contribution in [3.63, 3.8) is 0 Å². The molecule has 0 aliphatic rings. The standard InChI is InChI=1S/C37H49N4O2S2/c1-38(20-10-21-39(2)36-18-16-30(28-42)32-12-6-8-14-34(32)36)23-26-44-45-27-25-41(4,5)24-11-22-40(3)37-19-17-31(29-43)33-13-7-9-15-35(33)37/h6-9,12-19,28-29H,10-11,20-27H2,1-5H3/q+1. The van der Waals surface area contributed by atoms with Gasteiger partial charge in [0.05, 0.1) is 32.9 Å². The Morgan fingerprint density at radius 1 is 0.578 bits per heavy atom. The SMILES string of the molecule is CN(CCCN(C)c1ccc(C=O)c2ccccc12)CCSSCC[N+](C)(C)CCCN(C)c1ccc(C=O)c2ccccc12. The van der Waals surface area contributed by atoms with E-state index in [1.54, 1.807) is 0 Å². The molecule has 0 aromatic heterocycles. The Morgan fingerprint density at radius 3 is 1.60 bits per heavy atom. The number of nitrogens with zero attached hydrogens (tertiary/aromatic N) is 4. The smallest absolute Gasteiger partial charge is 0.150 e. The van der Waals surface area contributed by atoms with Crippen molar-refractivity contribution in [1.82, 2.24) is 4.90 Å². The Morgan fingerprint density at radius 2 is 1.07 bits per heavy atom. The molecule has 0 radical (unpaired) electrons. The number of benzene rings is 4. The van der Waals surface area contributed by atoms with Gasteiger partial charge in [0, 0.05) is 79.2 Å². The zero-order chi connectivity index (χ0) is 32.2. The van der Waals surface area contributed by atoms with E-state index in [4.69, 9.17) is 0 Å². The van der Waals surface area contributed by atoms with E-state index in [0.717, 1.165) is 113 Å². The summed E-state index contributed by atoms with van der Waals surface area (Å²) in [5.41, 5.74) is 3.86. The number of carbonyl (C=O) groups is 2. The summed E-state index contributed by atoms with van der Waals surface area (Å²) >= 11 is 0. The van der Waals surface area contributed by atoms with Crippen LogP contribution in [0.4, 0.5) is 11.4 Å². The number of anilines is 2. The van der Waals surface area contributed by atoms with Crippen LogP contribution in [0.2, 0.25) is 0 Å². The number of quaternary nitrogens is 1. The van der Waals surface area contributed by atoms with E-state index in [2.05, 4.69) is 74.2 Å². The lowest BCUT2D eigenvalue weighted by Crippen LogP contribution is -2.43. The molecule has 0 amide bonds. The molecule has 0 aliphatic heterocycles. The second-order valence-corrected chi connectivity index (χ2v) is 15.3. The van der Waals surface area contributed by atoms with E-state index in [-0.39, 0.29) is 0 Å². The van der Waals surface area contributed by atoms with E-state index in [1.807, 2.05) is 70.1 Å². The third-order valence-electron chi connectivity index (χ3n) is 8.66. The van der Waals surface area contributed by atoms with Crippen molar-refractivity contribution >= 4 is 67.1 Å². The lowest BCUT2D eigenvalue weighted by molar-refractivity contribution is -0.887. The van der Waals surface area contributed by atoms with Crippen LogP contribution in [-0.4, -0.2) is 108 Å². The monoisotopic (exact) mass is 645 g/mol. The summed E-state index contributed by atoms with van der Waals surface area (Å²) in [6, 6.07) is 24.4. The van der Waals surface area contributed by atoms with Crippen LogP contribution >= 0.6 is 21.6 Å². The molecule has 240 valence electrons. The van der Waals surface area contributed by atoms with Gasteiger partial charge >= 0.3 is 0 Å². The van der Waals surface area contributed by atoms with Crippen molar-refractivity contribution < 1.29 is 14.1 Å². The minimum Gasteiger partial charge on any atom is -0.374 e. The van der Waals surface area contributed by atoms with Gasteiger partial charge in [0.15, 0.2) is 12.6 Å². The van der Waals surface area contributed by atoms with E-state index in [9.17, 15) is 9.59 Å². The highest BCUT2D eigenvalue weighted by molar-refractivity contribution is 8.76. The molecule has 8 heteroatoms. The molecule has 0 saturated carbocycles. The van der Waals surface area contributed by atoms with Crippen LogP contribution in [0.25, 0.3) is 21.5 Å². The lowest BCUT2D eigenvalue weighted by atomic mass is 10.0. The van der Waals surface area contributed by atoms with Crippen LogP contribution in [0.1, 0.15) is 33.6 Å². The van der Waals surface area contributed by atoms with E-state index < -0.39 is 0 Å². The molecule has 4 rings (SSSR count). The highest BCUT2D eigenvalue weighted by Gasteiger charge is 2.16. The Bertz CT molecular complexity index is 1560. The van der Waals surface area contributed by atoms with Gasteiger partial charge in [0.1, 0.15) is 0 Å². The van der Waals surface area contributed by atoms with Crippen LogP contribution in [0.15, 0.2) is 72.8 Å². The van der Waals surface area contributed by atoms with Crippen LogP contribution in [0, 0.1) is 0 Å². The van der Waals surface area contributed by atoms with Crippen molar-refractivity contribution in [2.24, 2.45) is 0 Å². The number of hydrogen-bond acceptors (Lipinski definition) is 7. The molecule has 4 aromatic rings. The molecule has 0 N–H and O–H groups in total. The Balaban J connectivity index is 1.09. The zero-order valence-electron chi connectivity index (χ0n) is 27.6. The van der Waals surface area contributed by atoms with Gasteiger partial charge in [0.25, 0.3) is 0 Å². The third kappa shape index (κ3) is 9.72. The average molecular weight is 646 g/mol. The Labute approximate surface area is 277 Å². The molecule has 45 heavy (non-hydrogen) atoms. The molecule has 0 unspecified atom stereocenters. The molecule has 0 fully saturated rings. The van der Waals surface area contributed by atoms with Crippen molar-refractivity contribution in [2.45, 2.75) is 12.8 Å². The summed E-state index contributed by atoms with van der Waals surface area (Å²) in [6.07, 6.45) is 4.10. The third-order valence-corrected chi connectivity index (χ3v) is 11.0. The van der Waals surface area contributed by atoms with Crippen LogP contribution < -0.4 is 9.80 Å². The normalized spacial score (nSPS) is 11.8. The maximum atomic E-state index is 11.5. The summed E-state index contributed by atoms with van der Waals surface area (Å²) < 4.78 is 1.02. The highest BCUT2D eigenvalue weighted by atomic mass is 33.1. The first-order valence-corrected chi connectivity index (χ1v) is 18.3. The predicted molar refractivity (Wildman–Crippen MR) is 199 cm³/mol. The van der Waals surface area contributed by atoms with Crippen LogP contribution in [-0.2, 0) is 0 Å². The summed E-state index contributed by atoms with van der Waals surface area (Å²) in [5.74, 6) is 2.28. The van der Waals surface area contributed by atoms with Gasteiger partial charge in [-0.05, 0) is 55.1 Å². The second kappa shape index (κ2) is 17.0. The largest absolute Gasteiger partial charge is 0.374 e. The summed E-state index contributed by atoms with van der Waals surface area (Å²) in [5, 5.41) is 4.32. The van der Waals surface area contributed by atoms with Gasteiger partial charge < -0.3 is 19.2 Å². The average Bonchev–Trinajstić information content (AvgIpc) is 3.05. The van der Waals surface area contributed by atoms with Crippen molar-refractivity contribution in [3.8, 4) is 0 Å². The molecule has 0 heterocycles. The first kappa shape index (κ1) is 34.8. The summed E-state index contributed by atoms with van der Waals surface area (Å²) in [7, 11) is 15.2. The van der Waals surface area contributed by atoms with Gasteiger partial charge in [0.2, 0.25) is 0 Å². The fourth-order valence-corrected chi connectivity index (χ4v) is 8.20. The fraction of sp³-hybridized carbons (Fsp3) is 0.405. The topological polar surface area (TPSA) is 43.9 Å². The van der Waals surface area contributed by atoms with Crippen LogP contribution in [0.3, 0.4) is 0 Å². The maximum Gasteiger partial charge on any atom is 0.150 e. The number of rotatable bonds is 19. The molecular weight excluding hydrogens is 597 g/mol. The molecule has 4 aromatic carbocycles. The molecule has 0 bridgehead atoms.